The number of pyridine rings is 1. The van der Waals surface area contributed by atoms with Gasteiger partial charge in [0.15, 0.2) is 0 Å². The molecule has 2 aromatic heterocycles. The van der Waals surface area contributed by atoms with Crippen molar-refractivity contribution in [1.29, 1.82) is 0 Å². The molecule has 0 fully saturated rings. The van der Waals surface area contributed by atoms with Gasteiger partial charge in [-0.1, -0.05) is 18.2 Å². The van der Waals surface area contributed by atoms with Crippen LogP contribution in [0.1, 0.15) is 25.1 Å². The van der Waals surface area contributed by atoms with Gasteiger partial charge in [0.2, 0.25) is 0 Å². The van der Waals surface area contributed by atoms with Gasteiger partial charge in [-0.15, -0.1) is 5.10 Å². The van der Waals surface area contributed by atoms with Crippen molar-refractivity contribution < 1.29 is 0 Å². The fourth-order valence-corrected chi connectivity index (χ4v) is 1.66. The van der Waals surface area contributed by atoms with Gasteiger partial charge in [-0.2, -0.15) is 0 Å². The van der Waals surface area contributed by atoms with Gasteiger partial charge in [0.1, 0.15) is 0 Å². The third kappa shape index (κ3) is 2.84. The Hall–Kier alpha value is -1.95. The Balaban J connectivity index is 2.01. The lowest BCUT2D eigenvalue weighted by molar-refractivity contribution is 0.511. The smallest absolute Gasteiger partial charge is 0.250 e. The van der Waals surface area contributed by atoms with E-state index in [1.165, 1.54) is 0 Å². The fourth-order valence-electron chi connectivity index (χ4n) is 1.66. The lowest BCUT2D eigenvalue weighted by Crippen LogP contribution is -2.20. The lowest BCUT2D eigenvalue weighted by atomic mass is 10.2. The number of nitrogens with zero attached hydrogens (tertiary/aromatic N) is 4. The second-order valence-electron chi connectivity index (χ2n) is 4.15. The summed E-state index contributed by atoms with van der Waals surface area (Å²) in [5.74, 6) is 0. The quantitative estimate of drug-likeness (QED) is 0.836. The first-order chi connectivity index (χ1) is 8.70. The highest BCUT2D eigenvalue weighted by Gasteiger charge is 2.08. The SMILES string of the molecule is CCC(N)c1cn(CCn2ccccc2=O)nn1. The maximum absolute atomic E-state index is 11.5. The van der Waals surface area contributed by atoms with Crippen molar-refractivity contribution in [2.24, 2.45) is 5.73 Å². The monoisotopic (exact) mass is 247 g/mol. The molecular formula is C12H17N5O. The summed E-state index contributed by atoms with van der Waals surface area (Å²) in [6.45, 7) is 3.18. The molecular weight excluding hydrogens is 230 g/mol. The number of aromatic nitrogens is 4. The molecule has 0 aromatic carbocycles. The molecule has 2 heterocycles. The molecule has 6 nitrogen and oxygen atoms in total. The molecule has 0 radical (unpaired) electrons. The molecule has 0 saturated carbocycles. The average Bonchev–Trinajstić information content (AvgIpc) is 2.86. The molecule has 6 heteroatoms. The van der Waals surface area contributed by atoms with Gasteiger partial charge < -0.3 is 10.3 Å². The van der Waals surface area contributed by atoms with E-state index >= 15 is 0 Å². The number of nitrogens with two attached hydrogens (primary N) is 1. The van der Waals surface area contributed by atoms with Gasteiger partial charge in [0, 0.05) is 18.8 Å². The predicted octanol–water partition coefficient (Wildman–Crippen LogP) is 0.550. The maximum Gasteiger partial charge on any atom is 0.250 e. The summed E-state index contributed by atoms with van der Waals surface area (Å²) in [6.07, 6.45) is 4.43. The summed E-state index contributed by atoms with van der Waals surface area (Å²) < 4.78 is 3.35. The van der Waals surface area contributed by atoms with Crippen molar-refractivity contribution in [1.82, 2.24) is 19.6 Å². The zero-order valence-electron chi connectivity index (χ0n) is 10.4. The predicted molar refractivity (Wildman–Crippen MR) is 67.9 cm³/mol. The van der Waals surface area contributed by atoms with Gasteiger partial charge in [0.05, 0.1) is 24.5 Å². The summed E-state index contributed by atoms with van der Waals surface area (Å²) in [5, 5.41) is 8.02. The van der Waals surface area contributed by atoms with E-state index in [9.17, 15) is 4.79 Å². The van der Waals surface area contributed by atoms with Crippen LogP contribution < -0.4 is 11.3 Å². The third-order valence-electron chi connectivity index (χ3n) is 2.85. The molecule has 0 bridgehead atoms. The summed E-state index contributed by atoms with van der Waals surface area (Å²) in [7, 11) is 0. The van der Waals surface area contributed by atoms with E-state index in [4.69, 9.17) is 5.73 Å². The maximum atomic E-state index is 11.5. The Kier molecular flexibility index (Phi) is 3.88. The molecule has 0 aliphatic rings. The van der Waals surface area contributed by atoms with E-state index in [1.807, 2.05) is 19.2 Å². The molecule has 96 valence electrons. The molecule has 0 aliphatic heterocycles. The van der Waals surface area contributed by atoms with Crippen LogP contribution in [0.25, 0.3) is 0 Å². The van der Waals surface area contributed by atoms with E-state index in [0.29, 0.717) is 13.1 Å². The largest absolute Gasteiger partial charge is 0.323 e. The summed E-state index contributed by atoms with van der Waals surface area (Å²) in [5.41, 5.74) is 6.65. The van der Waals surface area contributed by atoms with Crippen molar-refractivity contribution in [3.05, 3.63) is 46.6 Å². The highest BCUT2D eigenvalue weighted by molar-refractivity contribution is 4.99. The van der Waals surface area contributed by atoms with E-state index in [0.717, 1.165) is 12.1 Å². The van der Waals surface area contributed by atoms with Gasteiger partial charge >= 0.3 is 0 Å². The first-order valence-corrected chi connectivity index (χ1v) is 6.01. The second kappa shape index (κ2) is 5.59. The summed E-state index contributed by atoms with van der Waals surface area (Å²) in [6, 6.07) is 5.03. The molecule has 0 aliphatic carbocycles. The van der Waals surface area contributed by atoms with Crippen LogP contribution in [-0.2, 0) is 13.1 Å². The minimum Gasteiger partial charge on any atom is -0.323 e. The Morgan fingerprint density at radius 3 is 2.94 bits per heavy atom. The second-order valence-corrected chi connectivity index (χ2v) is 4.15. The minimum atomic E-state index is -0.0711. The minimum absolute atomic E-state index is 0.0110. The van der Waals surface area contributed by atoms with Crippen LogP contribution in [0.3, 0.4) is 0 Å². The summed E-state index contributed by atoms with van der Waals surface area (Å²) >= 11 is 0. The molecule has 1 unspecified atom stereocenters. The zero-order valence-corrected chi connectivity index (χ0v) is 10.4. The zero-order chi connectivity index (χ0) is 13.0. The fraction of sp³-hybridized carbons (Fsp3) is 0.417. The Bertz CT molecular complexity index is 559. The molecule has 2 rings (SSSR count). The topological polar surface area (TPSA) is 78.7 Å². The molecule has 1 atom stereocenters. The number of hydrogen-bond donors (Lipinski definition) is 1. The van der Waals surface area contributed by atoms with Crippen LogP contribution >= 0.6 is 0 Å². The third-order valence-corrected chi connectivity index (χ3v) is 2.85. The highest BCUT2D eigenvalue weighted by Crippen LogP contribution is 2.08. The Morgan fingerprint density at radius 2 is 2.22 bits per heavy atom. The first-order valence-electron chi connectivity index (χ1n) is 6.01. The van der Waals surface area contributed by atoms with Crippen molar-refractivity contribution in [3.8, 4) is 0 Å². The van der Waals surface area contributed by atoms with Crippen LogP contribution in [0.15, 0.2) is 35.4 Å². The van der Waals surface area contributed by atoms with Crippen molar-refractivity contribution in [3.63, 3.8) is 0 Å². The Morgan fingerprint density at radius 1 is 1.39 bits per heavy atom. The highest BCUT2D eigenvalue weighted by atomic mass is 16.1. The molecule has 0 saturated heterocycles. The van der Waals surface area contributed by atoms with Gasteiger partial charge in [-0.25, -0.2) is 0 Å². The summed E-state index contributed by atoms with van der Waals surface area (Å²) in [4.78, 5) is 11.5. The first kappa shape index (κ1) is 12.5. The normalized spacial score (nSPS) is 12.6. The molecule has 18 heavy (non-hydrogen) atoms. The Labute approximate surface area is 105 Å². The van der Waals surface area contributed by atoms with E-state index in [-0.39, 0.29) is 11.6 Å². The number of hydrogen-bond acceptors (Lipinski definition) is 4. The van der Waals surface area contributed by atoms with Crippen molar-refractivity contribution in [2.75, 3.05) is 0 Å². The molecule has 2 N–H and O–H groups in total. The van der Waals surface area contributed by atoms with Crippen LogP contribution in [0, 0.1) is 0 Å². The molecule has 0 spiro atoms. The van der Waals surface area contributed by atoms with Crippen molar-refractivity contribution in [2.45, 2.75) is 32.5 Å². The van der Waals surface area contributed by atoms with Gasteiger partial charge in [-0.3, -0.25) is 9.48 Å². The van der Waals surface area contributed by atoms with Gasteiger partial charge in [-0.05, 0) is 12.5 Å². The lowest BCUT2D eigenvalue weighted by Gasteiger charge is -2.04. The van der Waals surface area contributed by atoms with E-state index in [2.05, 4.69) is 10.3 Å². The van der Waals surface area contributed by atoms with Gasteiger partial charge in [0.25, 0.3) is 5.56 Å². The van der Waals surface area contributed by atoms with Crippen molar-refractivity contribution >= 4 is 0 Å². The number of rotatable bonds is 5. The van der Waals surface area contributed by atoms with E-state index < -0.39 is 0 Å². The molecule has 2 aromatic rings. The standard InChI is InChI=1S/C12H17N5O/c1-2-10(13)11-9-17(15-14-11)8-7-16-6-4-3-5-12(16)18/h3-6,9-10H,2,7-8,13H2,1H3. The average molecular weight is 247 g/mol. The van der Waals surface area contributed by atoms with Crippen LogP contribution in [0.4, 0.5) is 0 Å². The molecule has 0 amide bonds. The van der Waals surface area contributed by atoms with Crippen LogP contribution in [0.2, 0.25) is 0 Å². The van der Waals surface area contributed by atoms with Crippen LogP contribution in [-0.4, -0.2) is 19.6 Å². The van der Waals surface area contributed by atoms with Crippen LogP contribution in [0.5, 0.6) is 0 Å². The van der Waals surface area contributed by atoms with E-state index in [1.54, 1.807) is 27.6 Å². The number of aryl methyl sites for hydroxylation is 2.